The molecular weight excluding hydrogens is 286 g/mol. The average Bonchev–Trinajstić information content (AvgIpc) is 2.60. The third-order valence-electron chi connectivity index (χ3n) is 3.09. The summed E-state index contributed by atoms with van der Waals surface area (Å²) in [6.07, 6.45) is 0. The molecule has 5 nitrogen and oxygen atoms in total. The average molecular weight is 313 g/mol. The second kappa shape index (κ2) is 7.31. The van der Waals surface area contributed by atoms with Gasteiger partial charge in [0.2, 0.25) is 5.91 Å². The van der Waals surface area contributed by atoms with Crippen molar-refractivity contribution in [2.75, 3.05) is 13.7 Å². The van der Waals surface area contributed by atoms with Crippen LogP contribution in [0.1, 0.15) is 39.1 Å². The van der Waals surface area contributed by atoms with E-state index in [0.717, 1.165) is 23.1 Å². The molecule has 0 saturated heterocycles. The summed E-state index contributed by atoms with van der Waals surface area (Å²) < 4.78 is 7.26. The lowest BCUT2D eigenvalue weighted by molar-refractivity contribution is -0.121. The summed E-state index contributed by atoms with van der Waals surface area (Å²) in [5.41, 5.74) is 1.90. The number of hydrogen-bond donors (Lipinski definition) is 1. The monoisotopic (exact) mass is 313 g/mol. The van der Waals surface area contributed by atoms with Crippen LogP contribution in [-0.4, -0.2) is 40.0 Å². The summed E-state index contributed by atoms with van der Waals surface area (Å²) in [5, 5.41) is 3.69. The maximum atomic E-state index is 12.2. The largest absolute Gasteiger partial charge is 0.383 e. The van der Waals surface area contributed by atoms with Gasteiger partial charge >= 0.3 is 0 Å². The van der Waals surface area contributed by atoms with E-state index in [4.69, 9.17) is 4.74 Å². The Kier molecular flexibility index (Phi) is 6.28. The lowest BCUT2D eigenvalue weighted by Crippen LogP contribution is -2.44. The van der Waals surface area contributed by atoms with Gasteiger partial charge < -0.3 is 14.6 Å². The number of methoxy groups -OCH3 is 1. The van der Waals surface area contributed by atoms with Crippen LogP contribution in [0.5, 0.6) is 0 Å². The van der Waals surface area contributed by atoms with Crippen LogP contribution in [-0.2, 0) is 16.1 Å². The Morgan fingerprint density at radius 2 is 2.05 bits per heavy atom. The minimum atomic E-state index is -0.219. The van der Waals surface area contributed by atoms with Crippen molar-refractivity contribution >= 4 is 17.7 Å². The van der Waals surface area contributed by atoms with Gasteiger partial charge in [0, 0.05) is 24.9 Å². The Bertz CT molecular complexity index is 492. The van der Waals surface area contributed by atoms with Crippen LogP contribution in [0, 0.1) is 13.8 Å². The second-order valence-corrected chi connectivity index (χ2v) is 7.52. The molecule has 0 aromatic carbocycles. The van der Waals surface area contributed by atoms with E-state index in [1.54, 1.807) is 7.11 Å². The zero-order chi connectivity index (χ0) is 16.2. The van der Waals surface area contributed by atoms with E-state index in [-0.39, 0.29) is 16.7 Å². The third kappa shape index (κ3) is 5.36. The van der Waals surface area contributed by atoms with Crippen molar-refractivity contribution in [1.82, 2.24) is 14.9 Å². The molecule has 0 aliphatic heterocycles. The van der Waals surface area contributed by atoms with Gasteiger partial charge in [0.15, 0.2) is 5.16 Å². The minimum absolute atomic E-state index is 0.0316. The molecule has 1 atom stereocenters. The first-order valence-corrected chi connectivity index (χ1v) is 8.05. The molecule has 120 valence electrons. The molecule has 1 amide bonds. The van der Waals surface area contributed by atoms with Crippen molar-refractivity contribution in [2.45, 2.75) is 64.0 Å². The maximum absolute atomic E-state index is 12.2. The number of ether oxygens (including phenoxy) is 1. The van der Waals surface area contributed by atoms with Gasteiger partial charge in [-0.15, -0.1) is 0 Å². The lowest BCUT2D eigenvalue weighted by atomic mass is 10.1. The predicted octanol–water partition coefficient (Wildman–Crippen LogP) is 2.54. The van der Waals surface area contributed by atoms with Gasteiger partial charge in [-0.2, -0.15) is 0 Å². The number of carbonyl (C=O) groups is 1. The topological polar surface area (TPSA) is 56.1 Å². The third-order valence-corrected chi connectivity index (χ3v) is 4.18. The number of aryl methyl sites for hydroxylation is 1. The van der Waals surface area contributed by atoms with Crippen LogP contribution < -0.4 is 5.32 Å². The number of hydrogen-bond acceptors (Lipinski definition) is 4. The van der Waals surface area contributed by atoms with Crippen LogP contribution in [0.4, 0.5) is 0 Å². The smallest absolute Gasteiger partial charge is 0.233 e. The minimum Gasteiger partial charge on any atom is -0.383 e. The fourth-order valence-electron chi connectivity index (χ4n) is 1.84. The maximum Gasteiger partial charge on any atom is 0.233 e. The van der Waals surface area contributed by atoms with Gasteiger partial charge in [-0.1, -0.05) is 11.8 Å². The second-order valence-electron chi connectivity index (χ2n) is 6.21. The SMILES string of the molecule is COCCn1c(S[C@@H](C)C(=O)NC(C)(C)C)nc(C)c1C. The van der Waals surface area contributed by atoms with Crippen molar-refractivity contribution < 1.29 is 9.53 Å². The van der Waals surface area contributed by atoms with Crippen molar-refractivity contribution in [3.05, 3.63) is 11.4 Å². The van der Waals surface area contributed by atoms with Crippen molar-refractivity contribution in [3.63, 3.8) is 0 Å². The normalized spacial score (nSPS) is 13.3. The highest BCUT2D eigenvalue weighted by Gasteiger charge is 2.22. The van der Waals surface area contributed by atoms with Gasteiger partial charge in [0.05, 0.1) is 17.6 Å². The Labute approximate surface area is 131 Å². The van der Waals surface area contributed by atoms with Gasteiger partial charge in [0.1, 0.15) is 0 Å². The summed E-state index contributed by atoms with van der Waals surface area (Å²) in [6, 6.07) is 0. The molecule has 0 bridgehead atoms. The molecule has 0 aliphatic carbocycles. The fraction of sp³-hybridized carbons (Fsp3) is 0.733. The zero-order valence-corrected chi connectivity index (χ0v) is 14.9. The van der Waals surface area contributed by atoms with Crippen molar-refractivity contribution in [1.29, 1.82) is 0 Å². The molecule has 6 heteroatoms. The standard InChI is InChI=1S/C15H27N3O2S/c1-10-11(2)18(8-9-20-7)14(16-10)21-12(3)13(19)17-15(4,5)6/h12H,8-9H2,1-7H3,(H,17,19)/t12-/m0/s1. The van der Waals surface area contributed by atoms with Gasteiger partial charge in [-0.05, 0) is 41.5 Å². The molecule has 1 aromatic rings. The first-order chi connectivity index (χ1) is 9.65. The summed E-state index contributed by atoms with van der Waals surface area (Å²) in [6.45, 7) is 13.3. The number of amides is 1. The van der Waals surface area contributed by atoms with E-state index in [1.807, 2.05) is 41.5 Å². The van der Waals surface area contributed by atoms with Crippen LogP contribution in [0.3, 0.4) is 0 Å². The molecule has 0 fully saturated rings. The summed E-state index contributed by atoms with van der Waals surface area (Å²) in [7, 11) is 1.69. The van der Waals surface area contributed by atoms with Crippen LogP contribution in [0.15, 0.2) is 5.16 Å². The number of aromatic nitrogens is 2. The number of imidazole rings is 1. The molecule has 0 radical (unpaired) electrons. The molecule has 21 heavy (non-hydrogen) atoms. The van der Waals surface area contributed by atoms with E-state index in [1.165, 1.54) is 11.8 Å². The highest BCUT2D eigenvalue weighted by Crippen LogP contribution is 2.25. The number of carbonyl (C=O) groups excluding carboxylic acids is 1. The van der Waals surface area contributed by atoms with Crippen LogP contribution >= 0.6 is 11.8 Å². The van der Waals surface area contributed by atoms with Gasteiger partial charge in [-0.25, -0.2) is 4.98 Å². The number of thioether (sulfide) groups is 1. The Morgan fingerprint density at radius 3 is 2.57 bits per heavy atom. The zero-order valence-electron chi connectivity index (χ0n) is 14.1. The van der Waals surface area contributed by atoms with Crippen molar-refractivity contribution in [3.8, 4) is 0 Å². The molecule has 1 heterocycles. The van der Waals surface area contributed by atoms with E-state index in [9.17, 15) is 4.79 Å². The Morgan fingerprint density at radius 1 is 1.43 bits per heavy atom. The van der Waals surface area contributed by atoms with Crippen molar-refractivity contribution in [2.24, 2.45) is 0 Å². The summed E-state index contributed by atoms with van der Waals surface area (Å²) >= 11 is 1.49. The molecule has 0 saturated carbocycles. The van der Waals surface area contributed by atoms with Crippen LogP contribution in [0.2, 0.25) is 0 Å². The summed E-state index contributed by atoms with van der Waals surface area (Å²) in [4.78, 5) is 16.8. The van der Waals surface area contributed by atoms with Gasteiger partial charge in [0.25, 0.3) is 0 Å². The molecule has 1 rings (SSSR count). The molecule has 1 N–H and O–H groups in total. The highest BCUT2D eigenvalue weighted by atomic mass is 32.2. The van der Waals surface area contributed by atoms with E-state index in [2.05, 4.69) is 14.9 Å². The molecule has 0 aliphatic rings. The first-order valence-electron chi connectivity index (χ1n) is 7.17. The van der Waals surface area contributed by atoms with Crippen LogP contribution in [0.25, 0.3) is 0 Å². The first kappa shape index (κ1) is 18.0. The molecular formula is C15H27N3O2S. The van der Waals surface area contributed by atoms with E-state index < -0.39 is 0 Å². The number of nitrogens with zero attached hydrogens (tertiary/aromatic N) is 2. The molecule has 0 unspecified atom stereocenters. The highest BCUT2D eigenvalue weighted by molar-refractivity contribution is 8.00. The summed E-state index contributed by atoms with van der Waals surface area (Å²) in [5.74, 6) is 0.0316. The van der Waals surface area contributed by atoms with E-state index >= 15 is 0 Å². The quantitative estimate of drug-likeness (QED) is 0.820. The lowest BCUT2D eigenvalue weighted by Gasteiger charge is -2.23. The number of rotatable bonds is 6. The fourth-order valence-corrected chi connectivity index (χ4v) is 2.87. The van der Waals surface area contributed by atoms with Gasteiger partial charge in [-0.3, -0.25) is 4.79 Å². The molecule has 0 spiro atoms. The predicted molar refractivity (Wildman–Crippen MR) is 86.8 cm³/mol. The Balaban J connectivity index is 2.82. The number of nitrogens with one attached hydrogen (secondary N) is 1. The molecule has 1 aromatic heterocycles. The Hall–Kier alpha value is -1.01. The van der Waals surface area contributed by atoms with E-state index in [0.29, 0.717) is 6.61 Å².